The summed E-state index contributed by atoms with van der Waals surface area (Å²) < 4.78 is 5.06. The number of rotatable bonds is 6. The van der Waals surface area contributed by atoms with Crippen molar-refractivity contribution in [3.63, 3.8) is 0 Å². The Balaban J connectivity index is 2.23. The molecule has 1 aromatic rings. The Bertz CT molecular complexity index is 463. The van der Waals surface area contributed by atoms with Gasteiger partial charge in [0.15, 0.2) is 0 Å². The van der Waals surface area contributed by atoms with Crippen molar-refractivity contribution in [2.45, 2.75) is 64.0 Å². The normalized spacial score (nSPS) is 18.4. The molecular formula is C18H27NO2. The van der Waals surface area contributed by atoms with Gasteiger partial charge in [-0.15, -0.1) is 0 Å². The van der Waals surface area contributed by atoms with Crippen molar-refractivity contribution in [2.75, 3.05) is 7.11 Å². The van der Waals surface area contributed by atoms with Crippen LogP contribution < -0.4 is 5.32 Å². The van der Waals surface area contributed by atoms with Gasteiger partial charge in [-0.05, 0) is 37.3 Å². The number of nitrogens with one attached hydrogen (secondary N) is 1. The van der Waals surface area contributed by atoms with E-state index in [1.807, 2.05) is 6.92 Å². The molecular weight excluding hydrogens is 262 g/mol. The van der Waals surface area contributed by atoms with Gasteiger partial charge in [0, 0.05) is 6.04 Å². The minimum atomic E-state index is -0.755. The Morgan fingerprint density at radius 1 is 1.29 bits per heavy atom. The summed E-state index contributed by atoms with van der Waals surface area (Å²) in [4.78, 5) is 12.3. The molecule has 21 heavy (non-hydrogen) atoms. The molecule has 0 aliphatic heterocycles. The predicted molar refractivity (Wildman–Crippen MR) is 85.2 cm³/mol. The molecule has 116 valence electrons. The molecule has 1 fully saturated rings. The van der Waals surface area contributed by atoms with Crippen molar-refractivity contribution in [1.82, 2.24) is 5.32 Å². The predicted octanol–water partition coefficient (Wildman–Crippen LogP) is 3.56. The Hall–Kier alpha value is -1.35. The third kappa shape index (κ3) is 3.65. The maximum atomic E-state index is 12.3. The molecule has 0 aromatic heterocycles. The summed E-state index contributed by atoms with van der Waals surface area (Å²) >= 11 is 0. The van der Waals surface area contributed by atoms with Gasteiger partial charge in [-0.25, -0.2) is 4.79 Å². The lowest BCUT2D eigenvalue weighted by molar-refractivity contribution is -0.148. The first-order chi connectivity index (χ1) is 10.1. The largest absolute Gasteiger partial charge is 0.467 e. The highest BCUT2D eigenvalue weighted by Crippen LogP contribution is 2.28. The van der Waals surface area contributed by atoms with Gasteiger partial charge >= 0.3 is 5.97 Å². The fourth-order valence-corrected chi connectivity index (χ4v) is 3.24. The lowest BCUT2D eigenvalue weighted by Crippen LogP contribution is -2.51. The van der Waals surface area contributed by atoms with Gasteiger partial charge < -0.3 is 4.74 Å². The molecule has 0 bridgehead atoms. The minimum Gasteiger partial charge on any atom is -0.467 e. The van der Waals surface area contributed by atoms with E-state index in [4.69, 9.17) is 4.74 Å². The monoisotopic (exact) mass is 289 g/mol. The zero-order chi connectivity index (χ0) is 15.3. The van der Waals surface area contributed by atoms with Gasteiger partial charge in [-0.1, -0.05) is 50.5 Å². The first kappa shape index (κ1) is 16.0. The Morgan fingerprint density at radius 3 is 2.43 bits per heavy atom. The highest BCUT2D eigenvalue weighted by atomic mass is 16.5. The molecule has 3 heteroatoms. The molecule has 0 radical (unpaired) electrons. The zero-order valence-electron chi connectivity index (χ0n) is 13.4. The molecule has 0 saturated heterocycles. The van der Waals surface area contributed by atoms with Crippen molar-refractivity contribution < 1.29 is 9.53 Å². The Morgan fingerprint density at radius 2 is 1.90 bits per heavy atom. The van der Waals surface area contributed by atoms with Crippen molar-refractivity contribution in [2.24, 2.45) is 0 Å². The first-order valence-electron chi connectivity index (χ1n) is 8.05. The smallest absolute Gasteiger partial charge is 0.330 e. The zero-order valence-corrected chi connectivity index (χ0v) is 13.4. The highest BCUT2D eigenvalue weighted by molar-refractivity contribution is 5.82. The summed E-state index contributed by atoms with van der Waals surface area (Å²) in [5.74, 6) is -0.211. The molecule has 3 nitrogen and oxygen atoms in total. The number of hydrogen-bond donors (Lipinski definition) is 1. The fourth-order valence-electron chi connectivity index (χ4n) is 3.24. The molecule has 1 unspecified atom stereocenters. The maximum absolute atomic E-state index is 12.3. The van der Waals surface area contributed by atoms with E-state index < -0.39 is 5.54 Å². The number of benzene rings is 1. The van der Waals surface area contributed by atoms with Crippen molar-refractivity contribution >= 4 is 5.97 Å². The molecule has 1 aliphatic carbocycles. The van der Waals surface area contributed by atoms with Crippen LogP contribution in [0.1, 0.15) is 57.1 Å². The van der Waals surface area contributed by atoms with Crippen molar-refractivity contribution in [1.29, 1.82) is 0 Å². The molecule has 1 aromatic carbocycles. The van der Waals surface area contributed by atoms with Crippen LogP contribution in [0, 0.1) is 0 Å². The van der Waals surface area contributed by atoms with Crippen molar-refractivity contribution in [3.8, 4) is 0 Å². The highest BCUT2D eigenvalue weighted by Gasteiger charge is 2.38. The number of hydrogen-bond acceptors (Lipinski definition) is 3. The summed E-state index contributed by atoms with van der Waals surface area (Å²) in [6.45, 7) is 4.11. The number of carbonyl (C=O) groups is 1. The lowest BCUT2D eigenvalue weighted by atomic mass is 9.89. The van der Waals surface area contributed by atoms with Gasteiger partial charge in [0.25, 0.3) is 0 Å². The molecule has 2 rings (SSSR count). The summed E-state index contributed by atoms with van der Waals surface area (Å²) in [5, 5.41) is 3.54. The molecule has 1 saturated carbocycles. The van der Waals surface area contributed by atoms with Crippen LogP contribution >= 0.6 is 0 Å². The van der Waals surface area contributed by atoms with Crippen LogP contribution in [0.4, 0.5) is 0 Å². The standard InChI is InChI=1S/C18H27NO2/c1-4-7-14-10-12-15(13-11-14)18(2,17(20)21-3)19-16-8-5-6-9-16/h10-13,16,19H,4-9H2,1-3H3. The second kappa shape index (κ2) is 7.08. The number of carbonyl (C=O) groups excluding carboxylic acids is 1. The van der Waals surface area contributed by atoms with Crippen LogP contribution in [0.3, 0.4) is 0 Å². The van der Waals surface area contributed by atoms with Crippen LogP contribution in [-0.4, -0.2) is 19.1 Å². The van der Waals surface area contributed by atoms with Gasteiger partial charge in [0.2, 0.25) is 0 Å². The van der Waals surface area contributed by atoms with Gasteiger partial charge in [-0.2, -0.15) is 0 Å². The van der Waals surface area contributed by atoms with Gasteiger partial charge in [0.1, 0.15) is 5.54 Å². The summed E-state index contributed by atoms with van der Waals surface area (Å²) in [7, 11) is 1.46. The average molecular weight is 289 g/mol. The van der Waals surface area contributed by atoms with E-state index in [1.54, 1.807) is 0 Å². The molecule has 0 heterocycles. The molecule has 1 atom stereocenters. The number of methoxy groups -OCH3 is 1. The molecule has 1 aliphatic rings. The van der Waals surface area contributed by atoms with E-state index in [0.717, 1.165) is 31.2 Å². The van der Waals surface area contributed by atoms with E-state index in [1.165, 1.54) is 25.5 Å². The second-order valence-electron chi connectivity index (χ2n) is 6.19. The molecule has 0 spiro atoms. The summed E-state index contributed by atoms with van der Waals surface area (Å²) in [5.41, 5.74) is 1.55. The maximum Gasteiger partial charge on any atom is 0.330 e. The van der Waals surface area contributed by atoms with Crippen LogP contribution in [0.5, 0.6) is 0 Å². The second-order valence-corrected chi connectivity index (χ2v) is 6.19. The minimum absolute atomic E-state index is 0.211. The van der Waals surface area contributed by atoms with E-state index in [2.05, 4.69) is 36.5 Å². The average Bonchev–Trinajstić information content (AvgIpc) is 3.00. The quantitative estimate of drug-likeness (QED) is 0.814. The SMILES string of the molecule is CCCc1ccc(C(C)(NC2CCCC2)C(=O)OC)cc1. The van der Waals surface area contributed by atoms with E-state index in [-0.39, 0.29) is 5.97 Å². The Kier molecular flexibility index (Phi) is 5.40. The van der Waals surface area contributed by atoms with E-state index >= 15 is 0 Å². The summed E-state index contributed by atoms with van der Waals surface area (Å²) in [6.07, 6.45) is 6.97. The number of aryl methyl sites for hydroxylation is 1. The Labute approximate surface area is 128 Å². The molecule has 0 amide bonds. The third-order valence-corrected chi connectivity index (χ3v) is 4.51. The number of esters is 1. The van der Waals surface area contributed by atoms with Crippen LogP contribution in [0.15, 0.2) is 24.3 Å². The van der Waals surface area contributed by atoms with Crippen LogP contribution in [0.2, 0.25) is 0 Å². The summed E-state index contributed by atoms with van der Waals surface area (Å²) in [6, 6.07) is 8.77. The molecule has 1 N–H and O–H groups in total. The third-order valence-electron chi connectivity index (χ3n) is 4.51. The topological polar surface area (TPSA) is 38.3 Å². The van der Waals surface area contributed by atoms with E-state index in [9.17, 15) is 4.79 Å². The number of ether oxygens (including phenoxy) is 1. The van der Waals surface area contributed by atoms with Crippen LogP contribution in [0.25, 0.3) is 0 Å². The van der Waals surface area contributed by atoms with Crippen LogP contribution in [-0.2, 0) is 21.5 Å². The van der Waals surface area contributed by atoms with Gasteiger partial charge in [0.05, 0.1) is 7.11 Å². The van der Waals surface area contributed by atoms with E-state index in [0.29, 0.717) is 6.04 Å². The van der Waals surface area contributed by atoms with Gasteiger partial charge in [-0.3, -0.25) is 5.32 Å². The first-order valence-corrected chi connectivity index (χ1v) is 8.05. The van der Waals surface area contributed by atoms with Crippen molar-refractivity contribution in [3.05, 3.63) is 35.4 Å². The fraction of sp³-hybridized carbons (Fsp3) is 0.611. The lowest BCUT2D eigenvalue weighted by Gasteiger charge is -2.32.